The van der Waals surface area contributed by atoms with E-state index in [0.717, 1.165) is 4.47 Å². The largest absolute Gasteiger partial charge is 0.481 e. The van der Waals surface area contributed by atoms with Gasteiger partial charge in [-0.15, -0.1) is 0 Å². The van der Waals surface area contributed by atoms with E-state index in [2.05, 4.69) is 21.2 Å². The molecule has 0 amide bonds. The first-order valence-corrected chi connectivity index (χ1v) is 5.65. The smallest absolute Gasteiger partial charge is 0.308 e. The predicted molar refractivity (Wildman–Crippen MR) is 64.0 cm³/mol. The molecule has 0 saturated carbocycles. The minimum atomic E-state index is -0.907. The lowest BCUT2D eigenvalue weighted by atomic mass is 10.0. The number of hydrogen-bond donors (Lipinski definition) is 2. The summed E-state index contributed by atoms with van der Waals surface area (Å²) in [5.74, 6) is -1.89. The Bertz CT molecular complexity index is 398. The molecule has 1 aromatic carbocycles. The van der Waals surface area contributed by atoms with Crippen molar-refractivity contribution in [3.05, 3.63) is 28.5 Å². The monoisotopic (exact) mass is 289 g/mol. The van der Waals surface area contributed by atoms with E-state index in [1.54, 1.807) is 26.0 Å². The van der Waals surface area contributed by atoms with Crippen molar-refractivity contribution in [2.45, 2.75) is 19.9 Å². The molecule has 3 nitrogen and oxygen atoms in total. The van der Waals surface area contributed by atoms with E-state index in [4.69, 9.17) is 5.11 Å². The van der Waals surface area contributed by atoms with Crippen LogP contribution in [0.5, 0.6) is 0 Å². The average molecular weight is 290 g/mol. The second-order valence-electron chi connectivity index (χ2n) is 3.68. The topological polar surface area (TPSA) is 49.3 Å². The molecule has 5 heteroatoms. The average Bonchev–Trinajstić information content (AvgIpc) is 2.22. The Kier molecular flexibility index (Phi) is 4.29. The van der Waals surface area contributed by atoms with Crippen LogP contribution in [0, 0.1) is 11.7 Å². The molecule has 0 aliphatic rings. The summed E-state index contributed by atoms with van der Waals surface area (Å²) in [5.41, 5.74) is 0.301. The first-order chi connectivity index (χ1) is 7.41. The van der Waals surface area contributed by atoms with Gasteiger partial charge in [-0.3, -0.25) is 4.79 Å². The highest BCUT2D eigenvalue weighted by atomic mass is 79.9. The first-order valence-electron chi connectivity index (χ1n) is 4.86. The molecule has 2 N–H and O–H groups in total. The molecule has 0 saturated heterocycles. The van der Waals surface area contributed by atoms with Crippen molar-refractivity contribution in [1.82, 2.24) is 0 Å². The molecule has 16 heavy (non-hydrogen) atoms. The number of aliphatic carboxylic acids is 1. The summed E-state index contributed by atoms with van der Waals surface area (Å²) >= 11 is 3.23. The molecule has 2 unspecified atom stereocenters. The fourth-order valence-corrected chi connectivity index (χ4v) is 1.55. The first kappa shape index (κ1) is 13.0. The minimum absolute atomic E-state index is 0.301. The molecule has 0 bridgehead atoms. The summed E-state index contributed by atoms with van der Waals surface area (Å²) in [4.78, 5) is 10.7. The van der Waals surface area contributed by atoms with Crippen molar-refractivity contribution in [3.8, 4) is 0 Å². The standard InChI is InChI=1S/C11H13BrFNO2/c1-6(11(15)16)7(2)14-10-5-8(12)3-4-9(10)13/h3-7,14H,1-2H3,(H,15,16). The Labute approximate surface area is 102 Å². The van der Waals surface area contributed by atoms with Gasteiger partial charge in [0.2, 0.25) is 0 Å². The number of hydrogen-bond acceptors (Lipinski definition) is 2. The molecule has 0 aliphatic carbocycles. The third-order valence-corrected chi connectivity index (χ3v) is 2.94. The molecule has 1 rings (SSSR count). The van der Waals surface area contributed by atoms with Crippen LogP contribution in [0.15, 0.2) is 22.7 Å². The molecule has 0 aliphatic heterocycles. The summed E-state index contributed by atoms with van der Waals surface area (Å²) in [7, 11) is 0. The van der Waals surface area contributed by atoms with Crippen LogP contribution in [-0.2, 0) is 4.79 Å². The number of carbonyl (C=O) groups is 1. The van der Waals surface area contributed by atoms with Crippen LogP contribution in [0.2, 0.25) is 0 Å². The molecular weight excluding hydrogens is 277 g/mol. The van der Waals surface area contributed by atoms with Gasteiger partial charge in [0.15, 0.2) is 0 Å². The van der Waals surface area contributed by atoms with E-state index < -0.39 is 17.7 Å². The number of carboxylic acids is 1. The van der Waals surface area contributed by atoms with E-state index in [-0.39, 0.29) is 6.04 Å². The van der Waals surface area contributed by atoms with E-state index in [9.17, 15) is 9.18 Å². The summed E-state index contributed by atoms with van der Waals surface area (Å²) < 4.78 is 14.1. The van der Waals surface area contributed by atoms with Gasteiger partial charge in [-0.1, -0.05) is 15.9 Å². The van der Waals surface area contributed by atoms with Gasteiger partial charge in [0.1, 0.15) is 5.82 Å². The number of benzene rings is 1. The number of carboxylic acid groups (broad SMARTS) is 1. The van der Waals surface area contributed by atoms with Crippen LogP contribution in [0.4, 0.5) is 10.1 Å². The zero-order chi connectivity index (χ0) is 12.3. The molecule has 88 valence electrons. The Hall–Kier alpha value is -1.10. The van der Waals surface area contributed by atoms with Crippen molar-refractivity contribution in [2.24, 2.45) is 5.92 Å². The van der Waals surface area contributed by atoms with Crippen molar-refractivity contribution >= 4 is 27.6 Å². The number of nitrogens with one attached hydrogen (secondary N) is 1. The molecular formula is C11H13BrFNO2. The molecule has 0 spiro atoms. The Morgan fingerprint density at radius 3 is 2.69 bits per heavy atom. The summed E-state index contributed by atoms with van der Waals surface area (Å²) in [6.07, 6.45) is 0. The van der Waals surface area contributed by atoms with Gasteiger partial charge in [-0.25, -0.2) is 4.39 Å². The zero-order valence-electron chi connectivity index (χ0n) is 9.00. The Morgan fingerprint density at radius 1 is 1.50 bits per heavy atom. The molecule has 2 atom stereocenters. The normalized spacial score (nSPS) is 14.2. The van der Waals surface area contributed by atoms with Gasteiger partial charge in [0, 0.05) is 10.5 Å². The van der Waals surface area contributed by atoms with E-state index >= 15 is 0 Å². The van der Waals surface area contributed by atoms with Crippen LogP contribution in [-0.4, -0.2) is 17.1 Å². The summed E-state index contributed by atoms with van der Waals surface area (Å²) in [5, 5.41) is 11.7. The Balaban J connectivity index is 2.80. The lowest BCUT2D eigenvalue weighted by Gasteiger charge is -2.19. The van der Waals surface area contributed by atoms with E-state index in [0.29, 0.717) is 5.69 Å². The van der Waals surface area contributed by atoms with Crippen LogP contribution < -0.4 is 5.32 Å². The van der Waals surface area contributed by atoms with Crippen LogP contribution in [0.3, 0.4) is 0 Å². The quantitative estimate of drug-likeness (QED) is 0.895. The van der Waals surface area contributed by atoms with Gasteiger partial charge in [-0.2, -0.15) is 0 Å². The highest BCUT2D eigenvalue weighted by Gasteiger charge is 2.19. The highest BCUT2D eigenvalue weighted by molar-refractivity contribution is 9.10. The van der Waals surface area contributed by atoms with Crippen molar-refractivity contribution in [2.75, 3.05) is 5.32 Å². The summed E-state index contributed by atoms with van der Waals surface area (Å²) in [6.45, 7) is 3.29. The highest BCUT2D eigenvalue weighted by Crippen LogP contribution is 2.22. The van der Waals surface area contributed by atoms with Crippen LogP contribution in [0.25, 0.3) is 0 Å². The number of halogens is 2. The second kappa shape index (κ2) is 5.30. The Morgan fingerprint density at radius 2 is 2.12 bits per heavy atom. The maximum Gasteiger partial charge on any atom is 0.308 e. The second-order valence-corrected chi connectivity index (χ2v) is 4.60. The maximum absolute atomic E-state index is 13.4. The van der Waals surface area contributed by atoms with Gasteiger partial charge in [0.25, 0.3) is 0 Å². The van der Waals surface area contributed by atoms with Crippen molar-refractivity contribution in [1.29, 1.82) is 0 Å². The molecule has 0 heterocycles. The zero-order valence-corrected chi connectivity index (χ0v) is 10.6. The van der Waals surface area contributed by atoms with Gasteiger partial charge >= 0.3 is 5.97 Å². The van der Waals surface area contributed by atoms with Crippen molar-refractivity contribution < 1.29 is 14.3 Å². The fourth-order valence-electron chi connectivity index (χ4n) is 1.19. The minimum Gasteiger partial charge on any atom is -0.481 e. The van der Waals surface area contributed by atoms with E-state index in [1.807, 2.05) is 0 Å². The fraction of sp³-hybridized carbons (Fsp3) is 0.364. The molecule has 0 fully saturated rings. The maximum atomic E-state index is 13.4. The van der Waals surface area contributed by atoms with Gasteiger partial charge < -0.3 is 10.4 Å². The van der Waals surface area contributed by atoms with Crippen LogP contribution in [0.1, 0.15) is 13.8 Å². The number of rotatable bonds is 4. The van der Waals surface area contributed by atoms with Crippen molar-refractivity contribution in [3.63, 3.8) is 0 Å². The predicted octanol–water partition coefficient (Wildman–Crippen LogP) is 3.11. The van der Waals surface area contributed by atoms with Gasteiger partial charge in [0.05, 0.1) is 11.6 Å². The SMILES string of the molecule is CC(Nc1cc(Br)ccc1F)C(C)C(=O)O. The number of anilines is 1. The molecule has 1 aromatic rings. The lowest BCUT2D eigenvalue weighted by molar-refractivity contribution is -0.141. The van der Waals surface area contributed by atoms with Gasteiger partial charge in [-0.05, 0) is 32.0 Å². The molecule has 0 radical (unpaired) electrons. The summed E-state index contributed by atoms with van der Waals surface area (Å²) in [6, 6.07) is 4.15. The molecule has 0 aromatic heterocycles. The lowest BCUT2D eigenvalue weighted by Crippen LogP contribution is -2.30. The third kappa shape index (κ3) is 3.20. The third-order valence-electron chi connectivity index (χ3n) is 2.45. The van der Waals surface area contributed by atoms with Crippen LogP contribution >= 0.6 is 15.9 Å². The van der Waals surface area contributed by atoms with E-state index in [1.165, 1.54) is 6.07 Å².